The summed E-state index contributed by atoms with van der Waals surface area (Å²) in [6, 6.07) is 11.9. The minimum absolute atomic E-state index is 0.170. The molecule has 2 N–H and O–H groups in total. The van der Waals surface area contributed by atoms with E-state index in [4.69, 9.17) is 10.5 Å². The van der Waals surface area contributed by atoms with E-state index in [2.05, 4.69) is 50.9 Å². The van der Waals surface area contributed by atoms with Gasteiger partial charge in [-0.3, -0.25) is 0 Å². The first-order valence-electron chi connectivity index (χ1n) is 5.88. The lowest BCUT2D eigenvalue weighted by Gasteiger charge is -2.16. The first-order chi connectivity index (χ1) is 9.02. The molecule has 0 heterocycles. The molecule has 0 saturated carbocycles. The lowest BCUT2D eigenvalue weighted by atomic mass is 9.98. The first kappa shape index (κ1) is 14.6. The van der Waals surface area contributed by atoms with Gasteiger partial charge in [-0.1, -0.05) is 39.7 Å². The average molecular weight is 385 g/mol. The molecular weight excluding hydrogens is 370 g/mol. The molecule has 2 aromatic rings. The van der Waals surface area contributed by atoms with Crippen LogP contribution in [0.2, 0.25) is 0 Å². The fourth-order valence-electron chi connectivity index (χ4n) is 1.96. The molecule has 1 unspecified atom stereocenters. The molecule has 0 bridgehead atoms. The summed E-state index contributed by atoms with van der Waals surface area (Å²) < 4.78 is 7.17. The van der Waals surface area contributed by atoms with Gasteiger partial charge in [-0.2, -0.15) is 0 Å². The molecule has 1 atom stereocenters. The largest absolute Gasteiger partial charge is 0.496 e. The van der Waals surface area contributed by atoms with Crippen LogP contribution in [0.4, 0.5) is 0 Å². The minimum atomic E-state index is -0.170. The van der Waals surface area contributed by atoms with Crippen LogP contribution in [-0.2, 0) is 0 Å². The van der Waals surface area contributed by atoms with Crippen molar-refractivity contribution in [1.29, 1.82) is 0 Å². The number of rotatable bonds is 3. The predicted octanol–water partition coefficient (Wildman–Crippen LogP) is 4.58. The molecular formula is C15H15Br2NO. The van der Waals surface area contributed by atoms with E-state index in [1.54, 1.807) is 7.11 Å². The van der Waals surface area contributed by atoms with Crippen LogP contribution in [0.15, 0.2) is 45.3 Å². The molecule has 0 radical (unpaired) electrons. The zero-order valence-electron chi connectivity index (χ0n) is 10.8. The summed E-state index contributed by atoms with van der Waals surface area (Å²) in [6.45, 7) is 2.06. The Balaban J connectivity index is 2.41. The topological polar surface area (TPSA) is 35.2 Å². The molecule has 0 aliphatic heterocycles. The molecule has 0 saturated heterocycles. The highest BCUT2D eigenvalue weighted by molar-refractivity contribution is 9.10. The van der Waals surface area contributed by atoms with Gasteiger partial charge in [0.2, 0.25) is 0 Å². The SMILES string of the molecule is COc1ccc(C(N)c2cc(C)ccc2Br)cc1Br. The molecule has 0 aliphatic rings. The maximum absolute atomic E-state index is 6.35. The molecule has 2 aromatic carbocycles. The van der Waals surface area contributed by atoms with Crippen molar-refractivity contribution in [3.63, 3.8) is 0 Å². The third-order valence-electron chi connectivity index (χ3n) is 3.02. The zero-order chi connectivity index (χ0) is 14.0. The van der Waals surface area contributed by atoms with E-state index < -0.39 is 0 Å². The van der Waals surface area contributed by atoms with Crippen LogP contribution >= 0.6 is 31.9 Å². The second-order valence-electron chi connectivity index (χ2n) is 4.40. The van der Waals surface area contributed by atoms with Crippen LogP contribution in [0.3, 0.4) is 0 Å². The van der Waals surface area contributed by atoms with E-state index in [0.29, 0.717) is 0 Å². The Hall–Kier alpha value is -0.840. The van der Waals surface area contributed by atoms with Gasteiger partial charge >= 0.3 is 0 Å². The molecule has 0 aromatic heterocycles. The van der Waals surface area contributed by atoms with E-state index in [9.17, 15) is 0 Å². The fourth-order valence-corrected chi connectivity index (χ4v) is 3.01. The van der Waals surface area contributed by atoms with E-state index in [1.165, 1.54) is 5.56 Å². The number of ether oxygens (including phenoxy) is 1. The van der Waals surface area contributed by atoms with Crippen molar-refractivity contribution in [3.8, 4) is 5.75 Å². The van der Waals surface area contributed by atoms with Crippen molar-refractivity contribution in [3.05, 3.63) is 62.0 Å². The highest BCUT2D eigenvalue weighted by Gasteiger charge is 2.14. The first-order valence-corrected chi connectivity index (χ1v) is 7.46. The van der Waals surface area contributed by atoms with Gasteiger partial charge < -0.3 is 10.5 Å². The Bertz CT molecular complexity index is 599. The van der Waals surface area contributed by atoms with Gasteiger partial charge in [0.05, 0.1) is 17.6 Å². The Morgan fingerprint density at radius 2 is 1.79 bits per heavy atom. The highest BCUT2D eigenvalue weighted by atomic mass is 79.9. The number of aryl methyl sites for hydroxylation is 1. The molecule has 100 valence electrons. The van der Waals surface area contributed by atoms with Crippen molar-refractivity contribution in [2.75, 3.05) is 7.11 Å². The Labute approximate surface area is 130 Å². The molecule has 2 nitrogen and oxygen atoms in total. The second-order valence-corrected chi connectivity index (χ2v) is 6.11. The van der Waals surface area contributed by atoms with Gasteiger partial charge in [-0.25, -0.2) is 0 Å². The Kier molecular flexibility index (Phi) is 4.66. The standard InChI is InChI=1S/C15H15Br2NO/c1-9-3-5-12(16)11(7-9)15(18)10-4-6-14(19-2)13(17)8-10/h3-8,15H,18H2,1-2H3. The third-order valence-corrected chi connectivity index (χ3v) is 4.36. The van der Waals surface area contributed by atoms with E-state index in [1.807, 2.05) is 24.3 Å². The van der Waals surface area contributed by atoms with Gasteiger partial charge in [0.15, 0.2) is 0 Å². The number of nitrogens with two attached hydrogens (primary N) is 1. The van der Waals surface area contributed by atoms with Gasteiger partial charge in [0, 0.05) is 4.47 Å². The number of methoxy groups -OCH3 is 1. The number of halogens is 2. The van der Waals surface area contributed by atoms with Crippen LogP contribution in [-0.4, -0.2) is 7.11 Å². The van der Waals surface area contributed by atoms with Gasteiger partial charge in [-0.05, 0) is 52.2 Å². The van der Waals surface area contributed by atoms with Crippen LogP contribution in [0, 0.1) is 6.92 Å². The van der Waals surface area contributed by atoms with Crippen LogP contribution in [0.25, 0.3) is 0 Å². The second kappa shape index (κ2) is 6.07. The lowest BCUT2D eigenvalue weighted by molar-refractivity contribution is 0.412. The molecule has 19 heavy (non-hydrogen) atoms. The van der Waals surface area contributed by atoms with Crippen molar-refractivity contribution < 1.29 is 4.74 Å². The summed E-state index contributed by atoms with van der Waals surface area (Å²) in [4.78, 5) is 0. The number of hydrogen-bond acceptors (Lipinski definition) is 2. The Morgan fingerprint density at radius 1 is 1.05 bits per heavy atom. The zero-order valence-corrected chi connectivity index (χ0v) is 14.0. The monoisotopic (exact) mass is 383 g/mol. The maximum Gasteiger partial charge on any atom is 0.133 e. The lowest BCUT2D eigenvalue weighted by Crippen LogP contribution is -2.12. The van der Waals surface area contributed by atoms with Gasteiger partial charge in [-0.15, -0.1) is 0 Å². The van der Waals surface area contributed by atoms with Crippen LogP contribution in [0.1, 0.15) is 22.7 Å². The molecule has 0 spiro atoms. The molecule has 4 heteroatoms. The summed E-state index contributed by atoms with van der Waals surface area (Å²) in [5, 5.41) is 0. The molecule has 0 amide bonds. The highest BCUT2D eigenvalue weighted by Crippen LogP contribution is 2.32. The predicted molar refractivity (Wildman–Crippen MR) is 85.6 cm³/mol. The summed E-state index contributed by atoms with van der Waals surface area (Å²) in [5.41, 5.74) is 9.67. The number of hydrogen-bond donors (Lipinski definition) is 1. The van der Waals surface area contributed by atoms with Gasteiger partial charge in [0.25, 0.3) is 0 Å². The van der Waals surface area contributed by atoms with Crippen LogP contribution in [0.5, 0.6) is 5.75 Å². The van der Waals surface area contributed by atoms with E-state index >= 15 is 0 Å². The molecule has 0 fully saturated rings. The smallest absolute Gasteiger partial charge is 0.133 e. The normalized spacial score (nSPS) is 12.3. The Morgan fingerprint density at radius 3 is 2.42 bits per heavy atom. The maximum atomic E-state index is 6.35. The molecule has 2 rings (SSSR count). The number of benzene rings is 2. The summed E-state index contributed by atoms with van der Waals surface area (Å²) >= 11 is 7.05. The molecule has 0 aliphatic carbocycles. The summed E-state index contributed by atoms with van der Waals surface area (Å²) in [7, 11) is 1.65. The van der Waals surface area contributed by atoms with Crippen molar-refractivity contribution in [1.82, 2.24) is 0 Å². The van der Waals surface area contributed by atoms with Crippen molar-refractivity contribution in [2.45, 2.75) is 13.0 Å². The minimum Gasteiger partial charge on any atom is -0.496 e. The average Bonchev–Trinajstić information content (AvgIpc) is 2.40. The quantitative estimate of drug-likeness (QED) is 0.840. The third kappa shape index (κ3) is 3.19. The van der Waals surface area contributed by atoms with E-state index in [-0.39, 0.29) is 6.04 Å². The van der Waals surface area contributed by atoms with E-state index in [0.717, 1.165) is 25.8 Å². The summed E-state index contributed by atoms with van der Waals surface area (Å²) in [6.07, 6.45) is 0. The van der Waals surface area contributed by atoms with Crippen molar-refractivity contribution in [2.24, 2.45) is 5.73 Å². The summed E-state index contributed by atoms with van der Waals surface area (Å²) in [5.74, 6) is 0.805. The van der Waals surface area contributed by atoms with Crippen molar-refractivity contribution >= 4 is 31.9 Å². The fraction of sp³-hybridized carbons (Fsp3) is 0.200. The van der Waals surface area contributed by atoms with Gasteiger partial charge in [0.1, 0.15) is 5.75 Å². The van der Waals surface area contributed by atoms with Crippen LogP contribution < -0.4 is 10.5 Å².